The number of ether oxygens (including phenoxy) is 2. The molecule has 180 valence electrons. The van der Waals surface area contributed by atoms with E-state index in [1.165, 1.54) is 29.6 Å². The van der Waals surface area contributed by atoms with Crippen LogP contribution in [-0.2, 0) is 14.8 Å². The molecule has 4 aromatic rings. The molecular formula is C25H23N3O6S. The monoisotopic (exact) mass is 493 g/mol. The molecule has 35 heavy (non-hydrogen) atoms. The molecule has 1 saturated heterocycles. The first kappa shape index (κ1) is 23.0. The number of benzene rings is 3. The number of sulfonamides is 1. The maximum absolute atomic E-state index is 13.1. The van der Waals surface area contributed by atoms with E-state index in [0.717, 1.165) is 11.1 Å². The lowest BCUT2D eigenvalue weighted by Gasteiger charge is -2.26. The molecule has 5 rings (SSSR count). The normalized spacial score (nSPS) is 14.7. The van der Waals surface area contributed by atoms with Gasteiger partial charge in [-0.05, 0) is 54.6 Å². The fourth-order valence-corrected chi connectivity index (χ4v) is 5.29. The van der Waals surface area contributed by atoms with Crippen molar-refractivity contribution < 1.29 is 27.1 Å². The number of carbonyl (C=O) groups is 1. The number of morpholine rings is 1. The van der Waals surface area contributed by atoms with Crippen LogP contribution in [0.5, 0.6) is 5.75 Å². The van der Waals surface area contributed by atoms with Gasteiger partial charge in [0.05, 0.1) is 30.8 Å². The Morgan fingerprint density at radius 1 is 1.03 bits per heavy atom. The van der Waals surface area contributed by atoms with Crippen LogP contribution in [0.15, 0.2) is 76.0 Å². The number of hydrogen-bond acceptors (Lipinski definition) is 7. The molecule has 0 aliphatic carbocycles. The minimum Gasteiger partial charge on any atom is -0.496 e. The van der Waals surface area contributed by atoms with Crippen molar-refractivity contribution in [3.63, 3.8) is 0 Å². The zero-order chi connectivity index (χ0) is 24.4. The number of oxazole rings is 1. The van der Waals surface area contributed by atoms with Gasteiger partial charge in [0, 0.05) is 24.3 Å². The average molecular weight is 494 g/mol. The second-order valence-electron chi connectivity index (χ2n) is 7.90. The molecule has 9 nitrogen and oxygen atoms in total. The van der Waals surface area contributed by atoms with Crippen LogP contribution in [0.4, 0.5) is 5.69 Å². The third-order valence-corrected chi connectivity index (χ3v) is 7.60. The van der Waals surface area contributed by atoms with Crippen LogP contribution in [0, 0.1) is 0 Å². The van der Waals surface area contributed by atoms with Crippen LogP contribution < -0.4 is 10.1 Å². The highest BCUT2D eigenvalue weighted by atomic mass is 32.2. The average Bonchev–Trinajstić information content (AvgIpc) is 3.33. The topological polar surface area (TPSA) is 111 Å². The minimum absolute atomic E-state index is 0.0247. The third kappa shape index (κ3) is 4.63. The van der Waals surface area contributed by atoms with Gasteiger partial charge in [0.2, 0.25) is 15.9 Å². The predicted octanol–water partition coefficient (Wildman–Crippen LogP) is 3.78. The number of hydrogen-bond donors (Lipinski definition) is 1. The molecule has 1 aliphatic heterocycles. The van der Waals surface area contributed by atoms with Gasteiger partial charge in [0.15, 0.2) is 5.58 Å². The summed E-state index contributed by atoms with van der Waals surface area (Å²) in [6.07, 6.45) is 0. The quantitative estimate of drug-likeness (QED) is 0.435. The van der Waals surface area contributed by atoms with Gasteiger partial charge in [-0.25, -0.2) is 13.4 Å². The van der Waals surface area contributed by atoms with Gasteiger partial charge in [-0.15, -0.1) is 0 Å². The number of methoxy groups -OCH3 is 1. The Kier molecular flexibility index (Phi) is 6.25. The summed E-state index contributed by atoms with van der Waals surface area (Å²) >= 11 is 0. The zero-order valence-electron chi connectivity index (χ0n) is 18.9. The third-order valence-electron chi connectivity index (χ3n) is 5.71. The summed E-state index contributed by atoms with van der Waals surface area (Å²) in [4.78, 5) is 17.6. The highest BCUT2D eigenvalue weighted by molar-refractivity contribution is 7.89. The Hall–Kier alpha value is -3.73. The molecule has 1 fully saturated rings. The van der Waals surface area contributed by atoms with Gasteiger partial charge >= 0.3 is 0 Å². The molecule has 0 spiro atoms. The summed E-state index contributed by atoms with van der Waals surface area (Å²) in [7, 11) is -2.33. The van der Waals surface area contributed by atoms with Gasteiger partial charge < -0.3 is 19.2 Å². The SMILES string of the molecule is COc1ccc(S(=O)(=O)N2CCOCC2)cc1C(=O)Nc1ccc(-c2nc3ccccc3o2)cc1. The fraction of sp³-hybridized carbons (Fsp3) is 0.200. The Bertz CT molecular complexity index is 1440. The molecule has 1 N–H and O–H groups in total. The molecule has 1 aromatic heterocycles. The largest absolute Gasteiger partial charge is 0.496 e. The first-order valence-electron chi connectivity index (χ1n) is 11.0. The molecule has 2 heterocycles. The van der Waals surface area contributed by atoms with Crippen molar-refractivity contribution in [1.82, 2.24) is 9.29 Å². The summed E-state index contributed by atoms with van der Waals surface area (Å²) in [6.45, 7) is 1.20. The Morgan fingerprint density at radius 2 is 1.77 bits per heavy atom. The molecule has 1 aliphatic rings. The maximum atomic E-state index is 13.1. The first-order valence-corrected chi connectivity index (χ1v) is 12.4. The number of nitrogens with one attached hydrogen (secondary N) is 1. The number of rotatable bonds is 6. The van der Waals surface area contributed by atoms with E-state index in [9.17, 15) is 13.2 Å². The molecule has 3 aromatic carbocycles. The Labute approximate surface area is 202 Å². The fourth-order valence-electron chi connectivity index (χ4n) is 3.85. The summed E-state index contributed by atoms with van der Waals surface area (Å²) in [5.74, 6) is 0.258. The molecular weight excluding hydrogens is 470 g/mol. The first-order chi connectivity index (χ1) is 17.0. The van der Waals surface area contributed by atoms with E-state index in [4.69, 9.17) is 13.9 Å². The highest BCUT2D eigenvalue weighted by Gasteiger charge is 2.28. The van der Waals surface area contributed by atoms with E-state index < -0.39 is 15.9 Å². The van der Waals surface area contributed by atoms with E-state index in [-0.39, 0.29) is 29.3 Å². The van der Waals surface area contributed by atoms with Crippen LogP contribution in [0.1, 0.15) is 10.4 Å². The summed E-state index contributed by atoms with van der Waals surface area (Å²) in [5.41, 5.74) is 2.86. The van der Waals surface area contributed by atoms with E-state index in [0.29, 0.717) is 30.4 Å². The number of anilines is 1. The number of nitrogens with zero attached hydrogens (tertiary/aromatic N) is 2. The molecule has 0 atom stereocenters. The number of aromatic nitrogens is 1. The van der Waals surface area contributed by atoms with Gasteiger partial charge in [0.1, 0.15) is 11.3 Å². The number of para-hydroxylation sites is 2. The number of carbonyl (C=O) groups excluding carboxylic acids is 1. The van der Waals surface area contributed by atoms with Crippen molar-refractivity contribution >= 4 is 32.7 Å². The molecule has 0 unspecified atom stereocenters. The molecule has 0 radical (unpaired) electrons. The van der Waals surface area contributed by atoms with Crippen molar-refractivity contribution in [2.75, 3.05) is 38.7 Å². The van der Waals surface area contributed by atoms with Gasteiger partial charge in [-0.2, -0.15) is 4.31 Å². The van der Waals surface area contributed by atoms with Gasteiger partial charge in [0.25, 0.3) is 5.91 Å². The van der Waals surface area contributed by atoms with Crippen LogP contribution >= 0.6 is 0 Å². The lowest BCUT2D eigenvalue weighted by molar-refractivity contribution is 0.0730. The van der Waals surface area contributed by atoms with Crippen molar-refractivity contribution in [2.45, 2.75) is 4.90 Å². The van der Waals surface area contributed by atoms with Gasteiger partial charge in [-0.3, -0.25) is 4.79 Å². The number of fused-ring (bicyclic) bond motifs is 1. The second kappa shape index (κ2) is 9.49. The van der Waals surface area contributed by atoms with Crippen molar-refractivity contribution in [3.05, 3.63) is 72.3 Å². The van der Waals surface area contributed by atoms with E-state index in [1.54, 1.807) is 24.3 Å². The molecule has 0 bridgehead atoms. The summed E-state index contributed by atoms with van der Waals surface area (Å²) in [6, 6.07) is 18.8. The van der Waals surface area contributed by atoms with Gasteiger partial charge in [-0.1, -0.05) is 12.1 Å². The number of amides is 1. The minimum atomic E-state index is -3.76. The van der Waals surface area contributed by atoms with Crippen LogP contribution in [0.2, 0.25) is 0 Å². The highest BCUT2D eigenvalue weighted by Crippen LogP contribution is 2.28. The Morgan fingerprint density at radius 3 is 2.49 bits per heavy atom. The smallest absolute Gasteiger partial charge is 0.259 e. The van der Waals surface area contributed by atoms with E-state index >= 15 is 0 Å². The Balaban J connectivity index is 1.37. The van der Waals surface area contributed by atoms with Crippen molar-refractivity contribution in [3.8, 4) is 17.2 Å². The molecule has 0 saturated carbocycles. The zero-order valence-corrected chi connectivity index (χ0v) is 19.7. The van der Waals surface area contributed by atoms with E-state index in [2.05, 4.69) is 10.3 Å². The van der Waals surface area contributed by atoms with Crippen molar-refractivity contribution in [2.24, 2.45) is 0 Å². The second-order valence-corrected chi connectivity index (χ2v) is 9.83. The molecule has 10 heteroatoms. The lowest BCUT2D eigenvalue weighted by atomic mass is 10.1. The predicted molar refractivity (Wildman–Crippen MR) is 130 cm³/mol. The van der Waals surface area contributed by atoms with Crippen LogP contribution in [0.3, 0.4) is 0 Å². The maximum Gasteiger partial charge on any atom is 0.259 e. The van der Waals surface area contributed by atoms with Crippen LogP contribution in [-0.4, -0.2) is 57.0 Å². The van der Waals surface area contributed by atoms with E-state index in [1.807, 2.05) is 24.3 Å². The standard InChI is InChI=1S/C25H23N3O6S/c1-32-22-11-10-19(35(30,31)28-12-14-33-15-13-28)16-20(22)24(29)26-18-8-6-17(7-9-18)25-27-21-4-2-3-5-23(21)34-25/h2-11,16H,12-15H2,1H3,(H,26,29). The summed E-state index contributed by atoms with van der Waals surface area (Å²) in [5, 5.41) is 2.80. The summed E-state index contributed by atoms with van der Waals surface area (Å²) < 4.78 is 43.8. The molecule has 1 amide bonds. The van der Waals surface area contributed by atoms with Crippen molar-refractivity contribution in [1.29, 1.82) is 0 Å². The lowest BCUT2D eigenvalue weighted by Crippen LogP contribution is -2.40. The van der Waals surface area contributed by atoms with Crippen LogP contribution in [0.25, 0.3) is 22.6 Å².